The number of para-hydroxylation sites is 1. The second-order valence-corrected chi connectivity index (χ2v) is 6.00. The van der Waals surface area contributed by atoms with Crippen molar-refractivity contribution >= 4 is 27.5 Å². The predicted octanol–water partition coefficient (Wildman–Crippen LogP) is 3.74. The van der Waals surface area contributed by atoms with Gasteiger partial charge in [-0.25, -0.2) is 0 Å². The molecular formula is C17H16BrNO3. The van der Waals surface area contributed by atoms with E-state index in [0.29, 0.717) is 17.9 Å². The monoisotopic (exact) mass is 361 g/mol. The molecule has 0 fully saturated rings. The molecule has 0 unspecified atom stereocenters. The third-order valence-corrected chi connectivity index (χ3v) is 4.43. The molecule has 5 heteroatoms. The van der Waals surface area contributed by atoms with E-state index in [1.54, 1.807) is 14.2 Å². The lowest BCUT2D eigenvalue weighted by Crippen LogP contribution is -2.14. The molecule has 114 valence electrons. The molecule has 0 bridgehead atoms. The van der Waals surface area contributed by atoms with Gasteiger partial charge in [0.1, 0.15) is 0 Å². The summed E-state index contributed by atoms with van der Waals surface area (Å²) < 4.78 is 11.5. The van der Waals surface area contributed by atoms with Gasteiger partial charge in [-0.3, -0.25) is 4.79 Å². The average molecular weight is 362 g/mol. The lowest BCUT2D eigenvalue weighted by atomic mass is 9.93. The second-order valence-electron chi connectivity index (χ2n) is 5.15. The minimum absolute atomic E-state index is 0.0344. The van der Waals surface area contributed by atoms with Gasteiger partial charge in [0, 0.05) is 5.69 Å². The van der Waals surface area contributed by atoms with Crippen LogP contribution in [0.3, 0.4) is 0 Å². The summed E-state index contributed by atoms with van der Waals surface area (Å²) in [6, 6.07) is 11.7. The van der Waals surface area contributed by atoms with Gasteiger partial charge < -0.3 is 14.8 Å². The van der Waals surface area contributed by atoms with E-state index in [0.717, 1.165) is 21.3 Å². The van der Waals surface area contributed by atoms with E-state index >= 15 is 0 Å². The van der Waals surface area contributed by atoms with Crippen molar-refractivity contribution in [1.82, 2.24) is 0 Å². The summed E-state index contributed by atoms with van der Waals surface area (Å²) in [5, 5.41) is 2.93. The van der Waals surface area contributed by atoms with Gasteiger partial charge >= 0.3 is 0 Å². The summed E-state index contributed by atoms with van der Waals surface area (Å²) in [6.45, 7) is 0. The predicted molar refractivity (Wildman–Crippen MR) is 88.8 cm³/mol. The molecule has 4 nitrogen and oxygen atoms in total. The minimum atomic E-state index is -0.179. The Labute approximate surface area is 137 Å². The molecule has 0 aliphatic carbocycles. The molecule has 1 heterocycles. The fourth-order valence-electron chi connectivity index (χ4n) is 2.80. The first-order valence-electron chi connectivity index (χ1n) is 6.94. The molecule has 0 saturated heterocycles. The quantitative estimate of drug-likeness (QED) is 0.901. The molecule has 1 aliphatic heterocycles. The van der Waals surface area contributed by atoms with E-state index < -0.39 is 0 Å². The van der Waals surface area contributed by atoms with Crippen molar-refractivity contribution in [3.05, 3.63) is 52.0 Å². The molecule has 22 heavy (non-hydrogen) atoms. The number of carbonyl (C=O) groups excluding carboxylic acids is 1. The zero-order valence-electron chi connectivity index (χ0n) is 12.4. The lowest BCUT2D eigenvalue weighted by Gasteiger charge is -2.14. The zero-order valence-corrected chi connectivity index (χ0v) is 13.9. The maximum atomic E-state index is 12.2. The number of ether oxygens (including phenoxy) is 2. The Bertz CT molecular complexity index is 730. The molecule has 0 spiro atoms. The maximum Gasteiger partial charge on any atom is 0.232 e. The van der Waals surface area contributed by atoms with Crippen molar-refractivity contribution in [2.75, 3.05) is 19.5 Å². The molecule has 0 aromatic heterocycles. The number of rotatable bonds is 4. The fraction of sp³-hybridized carbons (Fsp3) is 0.235. The highest BCUT2D eigenvalue weighted by Gasteiger charge is 2.30. The van der Waals surface area contributed by atoms with Crippen LogP contribution in [0.25, 0.3) is 0 Å². The third-order valence-electron chi connectivity index (χ3n) is 3.84. The van der Waals surface area contributed by atoms with E-state index in [1.165, 1.54) is 0 Å². The van der Waals surface area contributed by atoms with E-state index in [4.69, 9.17) is 9.47 Å². The second kappa shape index (κ2) is 6.01. The number of methoxy groups -OCH3 is 2. The zero-order chi connectivity index (χ0) is 15.7. The van der Waals surface area contributed by atoms with Crippen molar-refractivity contribution in [2.45, 2.75) is 12.3 Å². The Morgan fingerprint density at radius 3 is 2.68 bits per heavy atom. The van der Waals surface area contributed by atoms with Gasteiger partial charge in [0.05, 0.1) is 24.6 Å². The Balaban J connectivity index is 1.94. The molecule has 2 aromatic rings. The summed E-state index contributed by atoms with van der Waals surface area (Å²) in [5.74, 6) is 1.16. The Morgan fingerprint density at radius 1 is 1.18 bits per heavy atom. The van der Waals surface area contributed by atoms with Crippen LogP contribution < -0.4 is 14.8 Å². The van der Waals surface area contributed by atoms with Crippen LogP contribution in [-0.2, 0) is 11.2 Å². The fourth-order valence-corrected chi connectivity index (χ4v) is 3.45. The van der Waals surface area contributed by atoms with Crippen LogP contribution >= 0.6 is 15.9 Å². The number of hydrogen-bond donors (Lipinski definition) is 1. The molecule has 1 aliphatic rings. The largest absolute Gasteiger partial charge is 0.493 e. The number of halogens is 1. The highest BCUT2D eigenvalue weighted by atomic mass is 79.9. The van der Waals surface area contributed by atoms with Gasteiger partial charge in [-0.05, 0) is 51.7 Å². The van der Waals surface area contributed by atoms with Crippen molar-refractivity contribution in [3.63, 3.8) is 0 Å². The van der Waals surface area contributed by atoms with Gasteiger partial charge in [0.2, 0.25) is 5.91 Å². The number of nitrogens with one attached hydrogen (secondary N) is 1. The van der Waals surface area contributed by atoms with Gasteiger partial charge in [-0.2, -0.15) is 0 Å². The van der Waals surface area contributed by atoms with Gasteiger partial charge in [0.15, 0.2) is 11.5 Å². The van der Waals surface area contributed by atoms with Crippen molar-refractivity contribution in [3.8, 4) is 11.5 Å². The molecule has 1 atom stereocenters. The van der Waals surface area contributed by atoms with Gasteiger partial charge in [0.25, 0.3) is 0 Å². The van der Waals surface area contributed by atoms with Crippen LogP contribution in [0.4, 0.5) is 5.69 Å². The first kappa shape index (κ1) is 14.9. The lowest BCUT2D eigenvalue weighted by molar-refractivity contribution is -0.117. The third kappa shape index (κ3) is 2.57. The number of amides is 1. The summed E-state index contributed by atoms with van der Waals surface area (Å²) >= 11 is 3.49. The summed E-state index contributed by atoms with van der Waals surface area (Å²) in [5.41, 5.74) is 2.96. The van der Waals surface area contributed by atoms with Crippen molar-refractivity contribution < 1.29 is 14.3 Å². The van der Waals surface area contributed by atoms with Crippen LogP contribution in [0.1, 0.15) is 17.0 Å². The summed E-state index contributed by atoms with van der Waals surface area (Å²) in [4.78, 5) is 12.2. The number of fused-ring (bicyclic) bond motifs is 1. The molecule has 0 radical (unpaired) electrons. The number of anilines is 1. The Hall–Kier alpha value is -2.01. The number of benzene rings is 2. The van der Waals surface area contributed by atoms with Gasteiger partial charge in [-0.15, -0.1) is 0 Å². The summed E-state index contributed by atoms with van der Waals surface area (Å²) in [7, 11) is 3.20. The van der Waals surface area contributed by atoms with Crippen molar-refractivity contribution in [2.24, 2.45) is 0 Å². The maximum absolute atomic E-state index is 12.2. The molecule has 1 amide bonds. The van der Waals surface area contributed by atoms with Crippen molar-refractivity contribution in [1.29, 1.82) is 0 Å². The van der Waals surface area contributed by atoms with Crippen LogP contribution in [-0.4, -0.2) is 20.1 Å². The molecule has 2 aromatic carbocycles. The highest BCUT2D eigenvalue weighted by molar-refractivity contribution is 9.10. The van der Waals surface area contributed by atoms with Crippen LogP contribution in [0.15, 0.2) is 40.9 Å². The normalized spacial score (nSPS) is 16.1. The Kier molecular flexibility index (Phi) is 4.07. The molecule has 1 N–H and O–H groups in total. The molecular weight excluding hydrogens is 346 g/mol. The summed E-state index contributed by atoms with van der Waals surface area (Å²) in [6.07, 6.45) is 0.613. The average Bonchev–Trinajstić information content (AvgIpc) is 2.83. The highest BCUT2D eigenvalue weighted by Crippen LogP contribution is 2.39. The first-order chi connectivity index (χ1) is 10.6. The van der Waals surface area contributed by atoms with E-state index in [9.17, 15) is 4.79 Å². The first-order valence-corrected chi connectivity index (χ1v) is 7.73. The van der Waals surface area contributed by atoms with E-state index in [1.807, 2.05) is 36.4 Å². The topological polar surface area (TPSA) is 47.6 Å². The van der Waals surface area contributed by atoms with Gasteiger partial charge in [-0.1, -0.05) is 18.2 Å². The Morgan fingerprint density at radius 2 is 1.95 bits per heavy atom. The van der Waals surface area contributed by atoms with E-state index in [2.05, 4.69) is 21.2 Å². The van der Waals surface area contributed by atoms with Crippen LogP contribution in [0.5, 0.6) is 11.5 Å². The standard InChI is InChI=1S/C17H16BrNO3/c1-21-15-9-10(8-13(18)16(15)22-2)7-12-11-5-3-4-6-14(11)19-17(12)20/h3-6,8-9,12H,7H2,1-2H3,(H,19,20)/t12-/m0/s1. The van der Waals surface area contributed by atoms with Crippen LogP contribution in [0, 0.1) is 0 Å². The minimum Gasteiger partial charge on any atom is -0.493 e. The number of hydrogen-bond acceptors (Lipinski definition) is 3. The SMILES string of the molecule is COc1cc(C[C@@H]2C(=O)Nc3ccccc32)cc(Br)c1OC. The van der Waals surface area contributed by atoms with Crippen LogP contribution in [0.2, 0.25) is 0 Å². The smallest absolute Gasteiger partial charge is 0.232 e. The molecule has 0 saturated carbocycles. The molecule has 3 rings (SSSR count). The number of carbonyl (C=O) groups is 1. The van der Waals surface area contributed by atoms with E-state index in [-0.39, 0.29) is 11.8 Å².